The Morgan fingerprint density at radius 3 is 2.14 bits per heavy atom. The van der Waals surface area contributed by atoms with Crippen LogP contribution in [0.2, 0.25) is 0 Å². The summed E-state index contributed by atoms with van der Waals surface area (Å²) in [6.45, 7) is 0. The summed E-state index contributed by atoms with van der Waals surface area (Å²) < 4.78 is 0.811. The summed E-state index contributed by atoms with van der Waals surface area (Å²) in [5.74, 6) is -0.931. The molecular formula is C17H14BrNO2. The SMILES string of the molecule is CN(C)c1ccc(C2C(=O)c3ccc(Br)cc3C2=O)cc1. The van der Waals surface area contributed by atoms with Crippen molar-refractivity contribution in [2.45, 2.75) is 5.92 Å². The van der Waals surface area contributed by atoms with Gasteiger partial charge in [-0.15, -0.1) is 0 Å². The Kier molecular flexibility index (Phi) is 3.41. The minimum Gasteiger partial charge on any atom is -0.378 e. The lowest BCUT2D eigenvalue weighted by Gasteiger charge is -2.14. The monoisotopic (exact) mass is 343 g/mol. The molecule has 0 N–H and O–H groups in total. The molecule has 1 aliphatic carbocycles. The molecule has 2 aromatic rings. The maximum Gasteiger partial charge on any atom is 0.178 e. The fraction of sp³-hybridized carbons (Fsp3) is 0.176. The Morgan fingerprint density at radius 2 is 1.52 bits per heavy atom. The summed E-state index contributed by atoms with van der Waals surface area (Å²) in [6, 6.07) is 12.8. The van der Waals surface area contributed by atoms with Crippen LogP contribution in [0.4, 0.5) is 5.69 Å². The normalized spacial score (nSPS) is 17.0. The molecule has 2 aromatic carbocycles. The zero-order chi connectivity index (χ0) is 15.1. The largest absolute Gasteiger partial charge is 0.378 e. The van der Waals surface area contributed by atoms with Gasteiger partial charge in [0, 0.05) is 35.4 Å². The molecule has 0 saturated carbocycles. The van der Waals surface area contributed by atoms with Crippen LogP contribution in [0.3, 0.4) is 0 Å². The van der Waals surface area contributed by atoms with Crippen LogP contribution in [0.5, 0.6) is 0 Å². The Labute approximate surface area is 131 Å². The van der Waals surface area contributed by atoms with Gasteiger partial charge in [0.15, 0.2) is 11.6 Å². The Hall–Kier alpha value is -1.94. The Balaban J connectivity index is 2.01. The van der Waals surface area contributed by atoms with Crippen molar-refractivity contribution < 1.29 is 9.59 Å². The van der Waals surface area contributed by atoms with Crippen molar-refractivity contribution in [3.63, 3.8) is 0 Å². The number of hydrogen-bond acceptors (Lipinski definition) is 3. The van der Waals surface area contributed by atoms with Gasteiger partial charge in [-0.25, -0.2) is 0 Å². The first-order valence-electron chi connectivity index (χ1n) is 6.64. The van der Waals surface area contributed by atoms with E-state index in [0.29, 0.717) is 11.1 Å². The van der Waals surface area contributed by atoms with Gasteiger partial charge in [-0.2, -0.15) is 0 Å². The quantitative estimate of drug-likeness (QED) is 0.780. The van der Waals surface area contributed by atoms with Gasteiger partial charge in [0.05, 0.1) is 0 Å². The molecule has 1 atom stereocenters. The smallest absolute Gasteiger partial charge is 0.178 e. The second-order valence-electron chi connectivity index (χ2n) is 5.34. The van der Waals surface area contributed by atoms with E-state index in [-0.39, 0.29) is 11.6 Å². The molecule has 0 heterocycles. The zero-order valence-corrected chi connectivity index (χ0v) is 13.3. The predicted octanol–water partition coefficient (Wildman–Crippen LogP) is 3.68. The van der Waals surface area contributed by atoms with E-state index in [9.17, 15) is 9.59 Å². The topological polar surface area (TPSA) is 37.4 Å². The van der Waals surface area contributed by atoms with Crippen molar-refractivity contribution in [2.24, 2.45) is 0 Å². The van der Waals surface area contributed by atoms with Gasteiger partial charge in [-0.05, 0) is 35.9 Å². The van der Waals surface area contributed by atoms with Crippen molar-refractivity contribution >= 4 is 33.2 Å². The molecule has 1 unspecified atom stereocenters. The molecule has 106 valence electrons. The summed E-state index contributed by atoms with van der Waals surface area (Å²) >= 11 is 3.34. The third kappa shape index (κ3) is 2.29. The minimum absolute atomic E-state index is 0.111. The molecule has 0 radical (unpaired) electrons. The van der Waals surface area contributed by atoms with Crippen LogP contribution in [-0.4, -0.2) is 25.7 Å². The van der Waals surface area contributed by atoms with E-state index >= 15 is 0 Å². The van der Waals surface area contributed by atoms with Crippen molar-refractivity contribution in [1.29, 1.82) is 0 Å². The van der Waals surface area contributed by atoms with Crippen LogP contribution in [0.25, 0.3) is 0 Å². The molecule has 3 nitrogen and oxygen atoms in total. The van der Waals surface area contributed by atoms with Crippen LogP contribution < -0.4 is 4.90 Å². The fourth-order valence-electron chi connectivity index (χ4n) is 2.63. The third-order valence-electron chi connectivity index (χ3n) is 3.78. The first-order valence-corrected chi connectivity index (χ1v) is 7.43. The standard InChI is InChI=1S/C17H14BrNO2/c1-19(2)12-6-3-10(4-7-12)15-16(20)13-8-5-11(18)9-14(13)17(15)21/h3-9,15H,1-2H3. The van der Waals surface area contributed by atoms with E-state index in [0.717, 1.165) is 15.7 Å². The molecule has 0 bridgehead atoms. The van der Waals surface area contributed by atoms with Crippen molar-refractivity contribution in [3.05, 3.63) is 63.6 Å². The molecule has 0 aliphatic heterocycles. The number of carbonyl (C=O) groups excluding carboxylic acids is 2. The number of rotatable bonds is 2. The van der Waals surface area contributed by atoms with E-state index in [1.165, 1.54) is 0 Å². The van der Waals surface area contributed by atoms with E-state index in [2.05, 4.69) is 15.9 Å². The molecule has 0 saturated heterocycles. The van der Waals surface area contributed by atoms with Crippen LogP contribution in [0.15, 0.2) is 46.9 Å². The molecule has 0 amide bonds. The summed E-state index contributed by atoms with van der Waals surface area (Å²) in [4.78, 5) is 27.0. The number of halogens is 1. The van der Waals surface area contributed by atoms with Gasteiger partial charge in [-0.3, -0.25) is 9.59 Å². The van der Waals surface area contributed by atoms with Gasteiger partial charge >= 0.3 is 0 Å². The van der Waals surface area contributed by atoms with Crippen molar-refractivity contribution in [2.75, 3.05) is 19.0 Å². The number of fused-ring (bicyclic) bond motifs is 1. The molecule has 0 aromatic heterocycles. The van der Waals surface area contributed by atoms with E-state index < -0.39 is 5.92 Å². The maximum absolute atomic E-state index is 12.5. The number of anilines is 1. The fourth-order valence-corrected chi connectivity index (χ4v) is 2.99. The lowest BCUT2D eigenvalue weighted by Crippen LogP contribution is -2.13. The van der Waals surface area contributed by atoms with E-state index in [1.54, 1.807) is 18.2 Å². The number of carbonyl (C=O) groups is 2. The number of Topliss-reactive ketones (excluding diaryl/α,β-unsaturated/α-hetero) is 2. The molecule has 4 heteroatoms. The third-order valence-corrected chi connectivity index (χ3v) is 4.27. The van der Waals surface area contributed by atoms with Crippen LogP contribution in [-0.2, 0) is 0 Å². The van der Waals surface area contributed by atoms with E-state index in [4.69, 9.17) is 0 Å². The zero-order valence-electron chi connectivity index (χ0n) is 11.8. The highest BCUT2D eigenvalue weighted by molar-refractivity contribution is 9.10. The predicted molar refractivity (Wildman–Crippen MR) is 86.3 cm³/mol. The first kappa shape index (κ1) is 14.0. The van der Waals surface area contributed by atoms with Gasteiger partial charge in [0.2, 0.25) is 0 Å². The second kappa shape index (κ2) is 5.11. The molecular weight excluding hydrogens is 330 g/mol. The summed E-state index contributed by atoms with van der Waals surface area (Å²) in [7, 11) is 3.91. The molecule has 0 fully saturated rings. The van der Waals surface area contributed by atoms with Gasteiger partial charge in [0.1, 0.15) is 5.92 Å². The molecule has 3 rings (SSSR count). The Morgan fingerprint density at radius 1 is 0.905 bits per heavy atom. The van der Waals surface area contributed by atoms with Crippen LogP contribution >= 0.6 is 15.9 Å². The van der Waals surface area contributed by atoms with Crippen LogP contribution in [0.1, 0.15) is 32.2 Å². The highest BCUT2D eigenvalue weighted by Crippen LogP contribution is 2.35. The van der Waals surface area contributed by atoms with Crippen molar-refractivity contribution in [3.8, 4) is 0 Å². The highest BCUT2D eigenvalue weighted by atomic mass is 79.9. The lowest BCUT2D eigenvalue weighted by molar-refractivity contribution is 0.0890. The van der Waals surface area contributed by atoms with Gasteiger partial charge in [-0.1, -0.05) is 28.1 Å². The average molecular weight is 344 g/mol. The summed E-state index contributed by atoms with van der Waals surface area (Å²) in [5, 5.41) is 0. The molecule has 21 heavy (non-hydrogen) atoms. The van der Waals surface area contributed by atoms with E-state index in [1.807, 2.05) is 43.3 Å². The summed E-state index contributed by atoms with van der Waals surface area (Å²) in [5.41, 5.74) is 2.82. The van der Waals surface area contributed by atoms with Gasteiger partial charge < -0.3 is 4.90 Å². The molecule has 0 spiro atoms. The highest BCUT2D eigenvalue weighted by Gasteiger charge is 2.39. The van der Waals surface area contributed by atoms with Crippen LogP contribution in [0, 0.1) is 0 Å². The Bertz CT molecular complexity index is 735. The number of ketones is 2. The van der Waals surface area contributed by atoms with Gasteiger partial charge in [0.25, 0.3) is 0 Å². The first-order chi connectivity index (χ1) is 9.99. The maximum atomic E-state index is 12.5. The second-order valence-corrected chi connectivity index (χ2v) is 6.25. The number of benzene rings is 2. The number of hydrogen-bond donors (Lipinski definition) is 0. The summed E-state index contributed by atoms with van der Waals surface area (Å²) in [6.07, 6.45) is 0. The average Bonchev–Trinajstić information content (AvgIpc) is 2.70. The molecule has 1 aliphatic rings. The lowest BCUT2D eigenvalue weighted by atomic mass is 9.94. The minimum atomic E-state index is -0.703. The number of nitrogens with zero attached hydrogens (tertiary/aromatic N) is 1. The van der Waals surface area contributed by atoms with Crippen molar-refractivity contribution in [1.82, 2.24) is 0 Å².